The molecule has 2 aromatic heterocycles. The van der Waals surface area contributed by atoms with E-state index in [1.54, 1.807) is 6.33 Å². The maximum absolute atomic E-state index is 6.00. The molecule has 1 fully saturated rings. The van der Waals surface area contributed by atoms with E-state index in [0.29, 0.717) is 5.92 Å². The van der Waals surface area contributed by atoms with Crippen molar-refractivity contribution in [3.05, 3.63) is 17.7 Å². The first-order valence-corrected chi connectivity index (χ1v) is 6.97. The molecule has 18 heavy (non-hydrogen) atoms. The lowest BCUT2D eigenvalue weighted by Gasteiger charge is -2.28. The second-order valence-electron chi connectivity index (χ2n) is 4.92. The van der Waals surface area contributed by atoms with Crippen molar-refractivity contribution in [2.45, 2.75) is 31.8 Å². The van der Waals surface area contributed by atoms with Crippen LogP contribution in [0, 0.1) is 0 Å². The molecule has 1 saturated carbocycles. The summed E-state index contributed by atoms with van der Waals surface area (Å²) in [5.41, 5.74) is 7.27. The van der Waals surface area contributed by atoms with Gasteiger partial charge in [-0.05, 0) is 30.3 Å². The van der Waals surface area contributed by atoms with Crippen LogP contribution < -0.4 is 10.6 Å². The highest BCUT2D eigenvalue weighted by Crippen LogP contribution is 2.49. The highest BCUT2D eigenvalue weighted by Gasteiger charge is 2.33. The van der Waals surface area contributed by atoms with Crippen LogP contribution in [0.4, 0.5) is 10.8 Å². The van der Waals surface area contributed by atoms with Crippen LogP contribution >= 0.6 is 11.5 Å². The lowest BCUT2D eigenvalue weighted by atomic mass is 10.2. The molecule has 0 radical (unpaired) electrons. The van der Waals surface area contributed by atoms with E-state index >= 15 is 0 Å². The van der Waals surface area contributed by atoms with E-state index in [9.17, 15) is 0 Å². The summed E-state index contributed by atoms with van der Waals surface area (Å²) in [5, 5.41) is 9.35. The monoisotopic (exact) mass is 262 g/mol. The summed E-state index contributed by atoms with van der Waals surface area (Å²) in [6, 6.07) is 0. The SMILES string of the molecule is Nc1nsc(N2CCn3cnnc3C2)c1C1CC1. The topological polar surface area (TPSA) is 72.9 Å². The molecule has 1 aliphatic carbocycles. The molecule has 0 spiro atoms. The van der Waals surface area contributed by atoms with Crippen molar-refractivity contribution < 1.29 is 0 Å². The van der Waals surface area contributed by atoms with Crippen LogP contribution in [0.1, 0.15) is 30.1 Å². The molecule has 0 amide bonds. The molecule has 2 N–H and O–H groups in total. The fourth-order valence-electron chi connectivity index (χ4n) is 2.52. The minimum atomic E-state index is 0.638. The molecule has 2 aliphatic rings. The second-order valence-corrected chi connectivity index (χ2v) is 5.67. The number of nitrogens with two attached hydrogens (primary N) is 1. The van der Waals surface area contributed by atoms with Crippen LogP contribution in [0.3, 0.4) is 0 Å². The first kappa shape index (κ1) is 10.3. The Kier molecular flexibility index (Phi) is 2.11. The smallest absolute Gasteiger partial charge is 0.152 e. The fourth-order valence-corrected chi connectivity index (χ4v) is 3.45. The van der Waals surface area contributed by atoms with Gasteiger partial charge in [-0.2, -0.15) is 4.37 Å². The van der Waals surface area contributed by atoms with Gasteiger partial charge in [-0.3, -0.25) is 0 Å². The van der Waals surface area contributed by atoms with Crippen LogP contribution in [0.2, 0.25) is 0 Å². The third-order valence-electron chi connectivity index (χ3n) is 3.65. The van der Waals surface area contributed by atoms with Crippen LogP contribution in [0.25, 0.3) is 0 Å². The van der Waals surface area contributed by atoms with Crippen LogP contribution in [0.15, 0.2) is 6.33 Å². The number of nitrogens with zero attached hydrogens (tertiary/aromatic N) is 5. The quantitative estimate of drug-likeness (QED) is 0.880. The summed E-state index contributed by atoms with van der Waals surface area (Å²) >= 11 is 1.52. The zero-order chi connectivity index (χ0) is 12.1. The minimum Gasteiger partial charge on any atom is -0.383 e. The van der Waals surface area contributed by atoms with E-state index < -0.39 is 0 Å². The lowest BCUT2D eigenvalue weighted by Crippen LogP contribution is -2.33. The van der Waals surface area contributed by atoms with Gasteiger partial charge in [0.05, 0.1) is 6.54 Å². The number of hydrogen-bond acceptors (Lipinski definition) is 6. The Balaban J connectivity index is 1.68. The predicted octanol–water partition coefficient (Wildman–Crippen LogP) is 1.21. The third kappa shape index (κ3) is 1.50. The number of rotatable bonds is 2. The largest absolute Gasteiger partial charge is 0.383 e. The summed E-state index contributed by atoms with van der Waals surface area (Å²) in [6.45, 7) is 2.72. The molecule has 0 bridgehead atoms. The predicted molar refractivity (Wildman–Crippen MR) is 69.6 cm³/mol. The Morgan fingerprint density at radius 1 is 1.33 bits per heavy atom. The van der Waals surface area contributed by atoms with E-state index in [2.05, 4.69) is 24.0 Å². The molecule has 0 atom stereocenters. The molecule has 0 unspecified atom stereocenters. The van der Waals surface area contributed by atoms with E-state index in [-0.39, 0.29) is 0 Å². The van der Waals surface area contributed by atoms with Gasteiger partial charge in [0.2, 0.25) is 0 Å². The second kappa shape index (κ2) is 3.68. The van der Waals surface area contributed by atoms with Crippen molar-refractivity contribution in [2.75, 3.05) is 17.2 Å². The van der Waals surface area contributed by atoms with Gasteiger partial charge in [0.1, 0.15) is 17.1 Å². The highest BCUT2D eigenvalue weighted by molar-refractivity contribution is 7.10. The third-order valence-corrected chi connectivity index (χ3v) is 4.59. The summed E-state index contributed by atoms with van der Waals surface area (Å²) < 4.78 is 6.44. The van der Waals surface area contributed by atoms with Crippen LogP contribution in [0.5, 0.6) is 0 Å². The van der Waals surface area contributed by atoms with Gasteiger partial charge >= 0.3 is 0 Å². The molecule has 3 heterocycles. The summed E-state index contributed by atoms with van der Waals surface area (Å²) in [5.74, 6) is 2.39. The molecule has 0 saturated heterocycles. The van der Waals surface area contributed by atoms with E-state index in [4.69, 9.17) is 5.73 Å². The molecular weight excluding hydrogens is 248 g/mol. The Morgan fingerprint density at radius 2 is 2.22 bits per heavy atom. The normalized spacial score (nSPS) is 19.0. The zero-order valence-corrected chi connectivity index (χ0v) is 10.7. The average molecular weight is 262 g/mol. The number of fused-ring (bicyclic) bond motifs is 1. The van der Waals surface area contributed by atoms with Gasteiger partial charge in [0.15, 0.2) is 5.82 Å². The fraction of sp³-hybridized carbons (Fsp3) is 0.545. The van der Waals surface area contributed by atoms with E-state index in [1.165, 1.54) is 34.9 Å². The minimum absolute atomic E-state index is 0.638. The van der Waals surface area contributed by atoms with Crippen molar-refractivity contribution >= 4 is 22.4 Å². The van der Waals surface area contributed by atoms with E-state index in [0.717, 1.165) is 31.3 Å². The maximum Gasteiger partial charge on any atom is 0.152 e. The van der Waals surface area contributed by atoms with Crippen molar-refractivity contribution in [3.63, 3.8) is 0 Å². The first-order chi connectivity index (χ1) is 8.83. The maximum atomic E-state index is 6.00. The van der Waals surface area contributed by atoms with Gasteiger partial charge in [-0.25, -0.2) is 0 Å². The van der Waals surface area contributed by atoms with Crippen LogP contribution in [-0.4, -0.2) is 25.7 Å². The molecule has 94 valence electrons. The van der Waals surface area contributed by atoms with Gasteiger partial charge < -0.3 is 15.2 Å². The lowest BCUT2D eigenvalue weighted by molar-refractivity contribution is 0.561. The number of hydrogen-bond donors (Lipinski definition) is 1. The Bertz CT molecular complexity index is 584. The molecule has 1 aliphatic heterocycles. The first-order valence-electron chi connectivity index (χ1n) is 6.19. The van der Waals surface area contributed by atoms with Crippen molar-refractivity contribution in [2.24, 2.45) is 0 Å². The van der Waals surface area contributed by atoms with Crippen LogP contribution in [-0.2, 0) is 13.1 Å². The Morgan fingerprint density at radius 3 is 3.06 bits per heavy atom. The van der Waals surface area contributed by atoms with E-state index in [1.807, 2.05) is 0 Å². The number of nitrogen functional groups attached to an aromatic ring is 1. The zero-order valence-electron chi connectivity index (χ0n) is 9.91. The standard InChI is InChI=1S/C11H14N6S/c12-10-9(7-1-2-7)11(18-15-10)16-3-4-17-6-13-14-8(17)5-16/h6-7H,1-5H2,(H2,12,15). The number of aromatic nitrogens is 4. The number of anilines is 2. The van der Waals surface area contributed by atoms with Crippen molar-refractivity contribution in [1.82, 2.24) is 19.1 Å². The Hall–Kier alpha value is -1.63. The molecule has 7 heteroatoms. The van der Waals surface area contributed by atoms with Gasteiger partial charge in [0.25, 0.3) is 0 Å². The van der Waals surface area contributed by atoms with Gasteiger partial charge in [0, 0.05) is 18.7 Å². The summed E-state index contributed by atoms with van der Waals surface area (Å²) in [4.78, 5) is 2.34. The van der Waals surface area contributed by atoms with Crippen molar-refractivity contribution in [1.29, 1.82) is 0 Å². The van der Waals surface area contributed by atoms with Crippen molar-refractivity contribution in [3.8, 4) is 0 Å². The van der Waals surface area contributed by atoms with Gasteiger partial charge in [-0.1, -0.05) is 0 Å². The average Bonchev–Trinajstić information content (AvgIpc) is 2.98. The van der Waals surface area contributed by atoms with Gasteiger partial charge in [-0.15, -0.1) is 10.2 Å². The highest BCUT2D eigenvalue weighted by atomic mass is 32.1. The summed E-state index contributed by atoms with van der Waals surface area (Å²) in [6.07, 6.45) is 4.30. The molecule has 0 aromatic carbocycles. The molecule has 4 rings (SSSR count). The summed E-state index contributed by atoms with van der Waals surface area (Å²) in [7, 11) is 0. The molecule has 2 aromatic rings. The molecular formula is C11H14N6S. The Labute approximate surface area is 109 Å². The molecule has 6 nitrogen and oxygen atoms in total.